The van der Waals surface area contributed by atoms with Crippen LogP contribution < -0.4 is 11.3 Å². The highest BCUT2D eigenvalue weighted by Crippen LogP contribution is 2.32. The molecule has 2 aromatic carbocycles. The molecule has 0 aliphatic rings. The van der Waals surface area contributed by atoms with E-state index in [0.717, 1.165) is 15.5 Å². The number of nitrogens with two attached hydrogens (primary N) is 1. The Morgan fingerprint density at radius 1 is 1.05 bits per heavy atom. The van der Waals surface area contributed by atoms with Gasteiger partial charge in [0.2, 0.25) is 0 Å². The molecule has 2 nitrogen and oxygen atoms in total. The Morgan fingerprint density at radius 3 is 2.45 bits per heavy atom. The van der Waals surface area contributed by atoms with Crippen molar-refractivity contribution in [2.24, 2.45) is 5.84 Å². The molecular formula is C14H13Cl3N2S. The highest BCUT2D eigenvalue weighted by Gasteiger charge is 2.14. The summed E-state index contributed by atoms with van der Waals surface area (Å²) in [6.45, 7) is 0. The average molecular weight is 348 g/mol. The molecule has 0 amide bonds. The third kappa shape index (κ3) is 4.04. The third-order valence-corrected chi connectivity index (χ3v) is 4.95. The van der Waals surface area contributed by atoms with E-state index >= 15 is 0 Å². The molecule has 1 unspecified atom stereocenters. The van der Waals surface area contributed by atoms with Gasteiger partial charge in [-0.2, -0.15) is 0 Å². The Morgan fingerprint density at radius 2 is 1.80 bits per heavy atom. The standard InChI is InChI=1S/C14H13Cl3N2S/c15-9-5-6-10(12(17)7-9)13(19-18)8-20-14-4-2-1-3-11(14)16/h1-7,13,19H,8,18H2. The minimum absolute atomic E-state index is 0.0824. The fourth-order valence-electron chi connectivity index (χ4n) is 1.75. The van der Waals surface area contributed by atoms with Crippen molar-refractivity contribution in [3.05, 3.63) is 63.1 Å². The molecule has 3 N–H and O–H groups in total. The van der Waals surface area contributed by atoms with Crippen LogP contribution >= 0.6 is 46.6 Å². The predicted molar refractivity (Wildman–Crippen MR) is 88.7 cm³/mol. The number of rotatable bonds is 5. The first-order chi connectivity index (χ1) is 9.61. The molecule has 2 rings (SSSR count). The Labute approximate surface area is 137 Å². The van der Waals surface area contributed by atoms with Crippen molar-refractivity contribution in [3.63, 3.8) is 0 Å². The second-order valence-corrected chi connectivity index (χ2v) is 6.44. The summed E-state index contributed by atoms with van der Waals surface area (Å²) >= 11 is 19.9. The SMILES string of the molecule is NNC(CSc1ccccc1Cl)c1ccc(Cl)cc1Cl. The average Bonchev–Trinajstić information content (AvgIpc) is 2.43. The quantitative estimate of drug-likeness (QED) is 0.457. The first-order valence-corrected chi connectivity index (χ1v) is 8.02. The van der Waals surface area contributed by atoms with E-state index < -0.39 is 0 Å². The zero-order chi connectivity index (χ0) is 14.5. The van der Waals surface area contributed by atoms with Crippen LogP contribution in [-0.4, -0.2) is 5.75 Å². The van der Waals surface area contributed by atoms with Crippen LogP contribution in [0.3, 0.4) is 0 Å². The van der Waals surface area contributed by atoms with Gasteiger partial charge in [0.05, 0.1) is 11.1 Å². The monoisotopic (exact) mass is 346 g/mol. The Hall–Kier alpha value is -0.420. The molecule has 0 radical (unpaired) electrons. The van der Waals surface area contributed by atoms with Gasteiger partial charge in [-0.25, -0.2) is 0 Å². The molecule has 0 aromatic heterocycles. The lowest BCUT2D eigenvalue weighted by molar-refractivity contribution is 0.611. The molecule has 106 valence electrons. The summed E-state index contributed by atoms with van der Waals surface area (Å²) in [5, 5.41) is 1.93. The number of hydrogen-bond donors (Lipinski definition) is 2. The van der Waals surface area contributed by atoms with E-state index in [1.165, 1.54) is 0 Å². The molecule has 0 saturated carbocycles. The van der Waals surface area contributed by atoms with Crippen LogP contribution in [0, 0.1) is 0 Å². The van der Waals surface area contributed by atoms with Gasteiger partial charge in [0, 0.05) is 20.7 Å². The van der Waals surface area contributed by atoms with Crippen molar-refractivity contribution in [2.75, 3.05) is 5.75 Å². The Kier molecular flexibility index (Phi) is 6.02. The summed E-state index contributed by atoms with van der Waals surface area (Å²) in [4.78, 5) is 1.01. The molecular weight excluding hydrogens is 335 g/mol. The molecule has 2 aromatic rings. The van der Waals surface area contributed by atoms with Gasteiger partial charge >= 0.3 is 0 Å². The van der Waals surface area contributed by atoms with Crippen LogP contribution in [0.4, 0.5) is 0 Å². The van der Waals surface area contributed by atoms with Gasteiger partial charge in [0.25, 0.3) is 0 Å². The number of nitrogens with one attached hydrogen (secondary N) is 1. The topological polar surface area (TPSA) is 38.0 Å². The van der Waals surface area contributed by atoms with Gasteiger partial charge in [0.15, 0.2) is 0 Å². The number of benzene rings is 2. The lowest BCUT2D eigenvalue weighted by Crippen LogP contribution is -2.29. The van der Waals surface area contributed by atoms with Gasteiger partial charge < -0.3 is 0 Å². The van der Waals surface area contributed by atoms with Crippen LogP contribution in [0.15, 0.2) is 47.4 Å². The van der Waals surface area contributed by atoms with Crippen molar-refractivity contribution in [2.45, 2.75) is 10.9 Å². The lowest BCUT2D eigenvalue weighted by atomic mass is 10.1. The van der Waals surface area contributed by atoms with E-state index in [2.05, 4.69) is 5.43 Å². The first-order valence-electron chi connectivity index (χ1n) is 5.90. The van der Waals surface area contributed by atoms with Crippen molar-refractivity contribution in [1.82, 2.24) is 5.43 Å². The van der Waals surface area contributed by atoms with E-state index in [1.54, 1.807) is 23.9 Å². The Balaban J connectivity index is 2.11. The molecule has 0 heterocycles. The second-order valence-electron chi connectivity index (χ2n) is 4.13. The molecule has 20 heavy (non-hydrogen) atoms. The van der Waals surface area contributed by atoms with Gasteiger partial charge in [-0.05, 0) is 29.8 Å². The maximum Gasteiger partial charge on any atom is 0.0568 e. The predicted octanol–water partition coefficient (Wildman–Crippen LogP) is 4.94. The summed E-state index contributed by atoms with van der Waals surface area (Å²) in [5.41, 5.74) is 3.69. The first kappa shape index (κ1) is 16.0. The van der Waals surface area contributed by atoms with E-state index in [0.29, 0.717) is 15.8 Å². The summed E-state index contributed by atoms with van der Waals surface area (Å²) in [6, 6.07) is 13.0. The minimum Gasteiger partial charge on any atom is -0.271 e. The van der Waals surface area contributed by atoms with Crippen LogP contribution in [0.2, 0.25) is 15.1 Å². The normalized spacial score (nSPS) is 12.4. The van der Waals surface area contributed by atoms with Gasteiger partial charge in [0.1, 0.15) is 0 Å². The molecule has 0 bridgehead atoms. The zero-order valence-electron chi connectivity index (χ0n) is 10.4. The van der Waals surface area contributed by atoms with Crippen LogP contribution in [0.5, 0.6) is 0 Å². The summed E-state index contributed by atoms with van der Waals surface area (Å²) in [7, 11) is 0. The number of hydrazine groups is 1. The minimum atomic E-state index is -0.0824. The molecule has 0 fully saturated rings. The van der Waals surface area contributed by atoms with Crippen molar-refractivity contribution >= 4 is 46.6 Å². The Bertz CT molecular complexity index is 592. The molecule has 0 saturated heterocycles. The zero-order valence-corrected chi connectivity index (χ0v) is 13.5. The second kappa shape index (κ2) is 7.55. The largest absolute Gasteiger partial charge is 0.271 e. The van der Waals surface area contributed by atoms with E-state index in [1.807, 2.05) is 30.3 Å². The van der Waals surface area contributed by atoms with E-state index in [9.17, 15) is 0 Å². The maximum atomic E-state index is 6.20. The fourth-order valence-corrected chi connectivity index (χ4v) is 3.59. The third-order valence-electron chi connectivity index (χ3n) is 2.78. The van der Waals surface area contributed by atoms with Crippen LogP contribution in [-0.2, 0) is 0 Å². The fraction of sp³-hybridized carbons (Fsp3) is 0.143. The number of halogens is 3. The number of hydrogen-bond acceptors (Lipinski definition) is 3. The van der Waals surface area contributed by atoms with Crippen LogP contribution in [0.1, 0.15) is 11.6 Å². The summed E-state index contributed by atoms with van der Waals surface area (Å²) < 4.78 is 0. The van der Waals surface area contributed by atoms with Crippen LogP contribution in [0.25, 0.3) is 0 Å². The molecule has 6 heteroatoms. The smallest absolute Gasteiger partial charge is 0.0568 e. The van der Waals surface area contributed by atoms with Crippen molar-refractivity contribution < 1.29 is 0 Å². The van der Waals surface area contributed by atoms with Crippen molar-refractivity contribution in [1.29, 1.82) is 0 Å². The summed E-state index contributed by atoms with van der Waals surface area (Å²) in [6.07, 6.45) is 0. The highest BCUT2D eigenvalue weighted by molar-refractivity contribution is 7.99. The van der Waals surface area contributed by atoms with Gasteiger partial charge in [-0.15, -0.1) is 11.8 Å². The lowest BCUT2D eigenvalue weighted by Gasteiger charge is -2.17. The molecule has 0 aliphatic carbocycles. The molecule has 0 aliphatic heterocycles. The van der Waals surface area contributed by atoms with Crippen molar-refractivity contribution in [3.8, 4) is 0 Å². The highest BCUT2D eigenvalue weighted by atomic mass is 35.5. The number of thioether (sulfide) groups is 1. The van der Waals surface area contributed by atoms with Gasteiger partial charge in [-0.1, -0.05) is 53.0 Å². The maximum absolute atomic E-state index is 6.20. The van der Waals surface area contributed by atoms with Gasteiger partial charge in [-0.3, -0.25) is 11.3 Å². The van der Waals surface area contributed by atoms with E-state index in [4.69, 9.17) is 40.6 Å². The van der Waals surface area contributed by atoms with E-state index in [-0.39, 0.29) is 6.04 Å². The summed E-state index contributed by atoms with van der Waals surface area (Å²) in [5.74, 6) is 6.34. The molecule has 0 spiro atoms. The molecule has 1 atom stereocenters.